The van der Waals surface area contributed by atoms with Gasteiger partial charge in [0.05, 0.1) is 16.3 Å². The number of nitrogens with zero attached hydrogens (tertiary/aromatic N) is 3. The van der Waals surface area contributed by atoms with Crippen LogP contribution in [-0.2, 0) is 6.42 Å². The first kappa shape index (κ1) is 23.6. The number of rotatable bonds is 8. The van der Waals surface area contributed by atoms with Gasteiger partial charge >= 0.3 is 0 Å². The van der Waals surface area contributed by atoms with E-state index in [0.717, 1.165) is 34.6 Å². The molecule has 0 spiro atoms. The maximum Gasteiger partial charge on any atom is 0.269 e. The number of nitro benzene ring substituents is 1. The van der Waals surface area contributed by atoms with E-state index in [1.807, 2.05) is 24.3 Å². The van der Waals surface area contributed by atoms with Gasteiger partial charge < -0.3 is 4.57 Å². The third kappa shape index (κ3) is 5.34. The van der Waals surface area contributed by atoms with Gasteiger partial charge in [-0.05, 0) is 60.6 Å². The fourth-order valence-electron chi connectivity index (χ4n) is 4.12. The standard InChI is InChI=1S/C28H29N3O2S/c1-20(2)25-11-7-8-12-26(25)29-28-30(21(3)13-14-22-9-5-4-6-10-22)27(19-34-28)23-15-17-24(18-16-23)31(32)33/h4-12,15-21H,13-14H2,1-3H3. The third-order valence-corrected chi connectivity index (χ3v) is 6.86. The number of non-ortho nitro benzene ring substituents is 1. The van der Waals surface area contributed by atoms with E-state index in [9.17, 15) is 10.1 Å². The van der Waals surface area contributed by atoms with Crippen LogP contribution in [0.2, 0.25) is 0 Å². The summed E-state index contributed by atoms with van der Waals surface area (Å²) >= 11 is 1.61. The van der Waals surface area contributed by atoms with Crippen molar-refractivity contribution in [1.82, 2.24) is 4.57 Å². The molecule has 0 N–H and O–H groups in total. The van der Waals surface area contributed by atoms with E-state index in [1.54, 1.807) is 23.5 Å². The minimum absolute atomic E-state index is 0.0958. The van der Waals surface area contributed by atoms with Gasteiger partial charge in [-0.1, -0.05) is 62.4 Å². The molecule has 0 saturated heterocycles. The van der Waals surface area contributed by atoms with Crippen LogP contribution in [0.25, 0.3) is 11.3 Å². The van der Waals surface area contributed by atoms with E-state index >= 15 is 0 Å². The van der Waals surface area contributed by atoms with Crippen molar-refractivity contribution >= 4 is 22.7 Å². The van der Waals surface area contributed by atoms with Crippen molar-refractivity contribution < 1.29 is 4.92 Å². The lowest BCUT2D eigenvalue weighted by Crippen LogP contribution is -2.20. The van der Waals surface area contributed by atoms with Crippen molar-refractivity contribution in [2.24, 2.45) is 4.99 Å². The van der Waals surface area contributed by atoms with Crippen molar-refractivity contribution in [2.45, 2.75) is 45.6 Å². The van der Waals surface area contributed by atoms with Crippen molar-refractivity contribution in [2.75, 3.05) is 0 Å². The molecule has 0 radical (unpaired) electrons. The fraction of sp³-hybridized carbons (Fsp3) is 0.250. The lowest BCUT2D eigenvalue weighted by atomic mass is 10.0. The Kier molecular flexibility index (Phi) is 7.38. The molecule has 0 bridgehead atoms. The zero-order valence-electron chi connectivity index (χ0n) is 19.7. The molecule has 0 fully saturated rings. The number of hydrogen-bond donors (Lipinski definition) is 0. The van der Waals surface area contributed by atoms with E-state index in [2.05, 4.69) is 73.2 Å². The summed E-state index contributed by atoms with van der Waals surface area (Å²) in [5.74, 6) is 0.373. The number of benzene rings is 3. The molecule has 0 aliphatic heterocycles. The summed E-state index contributed by atoms with van der Waals surface area (Å²) in [5.41, 5.74) is 5.59. The number of para-hydroxylation sites is 1. The first-order chi connectivity index (χ1) is 16.4. The molecule has 1 aromatic heterocycles. The van der Waals surface area contributed by atoms with Gasteiger partial charge in [0.25, 0.3) is 5.69 Å². The summed E-state index contributed by atoms with van der Waals surface area (Å²) in [5, 5.41) is 13.2. The highest BCUT2D eigenvalue weighted by Gasteiger charge is 2.16. The van der Waals surface area contributed by atoms with E-state index in [0.29, 0.717) is 5.92 Å². The Labute approximate surface area is 204 Å². The second-order valence-corrected chi connectivity index (χ2v) is 9.61. The second-order valence-electron chi connectivity index (χ2n) is 8.78. The minimum atomic E-state index is -0.364. The summed E-state index contributed by atoms with van der Waals surface area (Å²) in [6, 6.07) is 25.8. The summed E-state index contributed by atoms with van der Waals surface area (Å²) in [6.07, 6.45) is 1.92. The molecule has 34 heavy (non-hydrogen) atoms. The molecular formula is C28H29N3O2S. The van der Waals surface area contributed by atoms with Crippen LogP contribution in [0.3, 0.4) is 0 Å². The third-order valence-electron chi connectivity index (χ3n) is 6.02. The SMILES string of the molecule is CC(C)c1ccccc1N=c1scc(-c2ccc([N+](=O)[O-])cc2)n1C(C)CCc1ccccc1. The van der Waals surface area contributed by atoms with Gasteiger partial charge in [-0.2, -0.15) is 0 Å². The Morgan fingerprint density at radius 3 is 2.29 bits per heavy atom. The zero-order chi connectivity index (χ0) is 24.1. The fourth-order valence-corrected chi connectivity index (χ4v) is 5.13. The van der Waals surface area contributed by atoms with Crippen LogP contribution in [0.5, 0.6) is 0 Å². The second kappa shape index (κ2) is 10.6. The highest BCUT2D eigenvalue weighted by molar-refractivity contribution is 7.07. The average Bonchev–Trinajstić information content (AvgIpc) is 3.27. The van der Waals surface area contributed by atoms with Crippen LogP contribution < -0.4 is 4.80 Å². The molecule has 1 atom stereocenters. The molecule has 174 valence electrons. The molecule has 5 nitrogen and oxygen atoms in total. The Morgan fingerprint density at radius 2 is 1.62 bits per heavy atom. The molecule has 1 heterocycles. The Morgan fingerprint density at radius 1 is 0.941 bits per heavy atom. The zero-order valence-corrected chi connectivity index (χ0v) is 20.5. The molecule has 1 unspecified atom stereocenters. The Bertz CT molecular complexity index is 1320. The summed E-state index contributed by atoms with van der Waals surface area (Å²) in [4.78, 5) is 16.8. The van der Waals surface area contributed by atoms with Gasteiger partial charge in [-0.25, -0.2) is 4.99 Å². The smallest absolute Gasteiger partial charge is 0.269 e. The lowest BCUT2D eigenvalue weighted by molar-refractivity contribution is -0.384. The van der Waals surface area contributed by atoms with E-state index in [1.165, 1.54) is 11.1 Å². The maximum absolute atomic E-state index is 11.1. The van der Waals surface area contributed by atoms with Gasteiger partial charge in [0.1, 0.15) is 0 Å². The van der Waals surface area contributed by atoms with Crippen LogP contribution in [0.15, 0.2) is 89.2 Å². The van der Waals surface area contributed by atoms with Crippen LogP contribution in [0.4, 0.5) is 11.4 Å². The van der Waals surface area contributed by atoms with Crippen LogP contribution in [0, 0.1) is 10.1 Å². The van der Waals surface area contributed by atoms with Gasteiger partial charge in [0.15, 0.2) is 4.80 Å². The summed E-state index contributed by atoms with van der Waals surface area (Å²) in [7, 11) is 0. The molecule has 0 aliphatic rings. The van der Waals surface area contributed by atoms with Crippen LogP contribution in [0.1, 0.15) is 50.3 Å². The maximum atomic E-state index is 11.1. The molecule has 3 aromatic carbocycles. The normalized spacial score (nSPS) is 12.8. The van der Waals surface area contributed by atoms with Crippen molar-refractivity contribution in [1.29, 1.82) is 0 Å². The van der Waals surface area contributed by atoms with Crippen LogP contribution in [-0.4, -0.2) is 9.49 Å². The van der Waals surface area contributed by atoms with Gasteiger partial charge in [-0.3, -0.25) is 10.1 Å². The van der Waals surface area contributed by atoms with E-state index < -0.39 is 0 Å². The van der Waals surface area contributed by atoms with E-state index in [-0.39, 0.29) is 16.7 Å². The van der Waals surface area contributed by atoms with Crippen LogP contribution >= 0.6 is 11.3 Å². The number of thiazole rings is 1. The molecule has 6 heteroatoms. The molecule has 0 aliphatic carbocycles. The number of aryl methyl sites for hydroxylation is 1. The molecule has 0 saturated carbocycles. The predicted octanol–water partition coefficient (Wildman–Crippen LogP) is 7.67. The topological polar surface area (TPSA) is 60.4 Å². The highest BCUT2D eigenvalue weighted by Crippen LogP contribution is 2.29. The Balaban J connectivity index is 1.78. The minimum Gasteiger partial charge on any atom is -0.314 e. The summed E-state index contributed by atoms with van der Waals surface area (Å²) < 4.78 is 2.28. The first-order valence-corrected chi connectivity index (χ1v) is 12.4. The average molecular weight is 472 g/mol. The van der Waals surface area contributed by atoms with Crippen molar-refractivity contribution in [3.05, 3.63) is 110 Å². The Hall–Kier alpha value is -3.51. The van der Waals surface area contributed by atoms with Gasteiger partial charge in [0, 0.05) is 23.6 Å². The predicted molar refractivity (Wildman–Crippen MR) is 140 cm³/mol. The monoisotopic (exact) mass is 471 g/mol. The number of aromatic nitrogens is 1. The molecule has 4 aromatic rings. The largest absolute Gasteiger partial charge is 0.314 e. The lowest BCUT2D eigenvalue weighted by Gasteiger charge is -2.18. The summed E-state index contributed by atoms with van der Waals surface area (Å²) in [6.45, 7) is 6.58. The van der Waals surface area contributed by atoms with E-state index in [4.69, 9.17) is 4.99 Å². The number of hydrogen-bond acceptors (Lipinski definition) is 4. The molecule has 0 amide bonds. The molecular weight excluding hydrogens is 442 g/mol. The highest BCUT2D eigenvalue weighted by atomic mass is 32.1. The van der Waals surface area contributed by atoms with Gasteiger partial charge in [-0.15, -0.1) is 11.3 Å². The first-order valence-electron chi connectivity index (χ1n) is 11.6. The van der Waals surface area contributed by atoms with Crippen molar-refractivity contribution in [3.8, 4) is 11.3 Å². The van der Waals surface area contributed by atoms with Crippen molar-refractivity contribution in [3.63, 3.8) is 0 Å². The van der Waals surface area contributed by atoms with Gasteiger partial charge in [0.2, 0.25) is 0 Å². The molecule has 4 rings (SSSR count). The number of nitro groups is 1. The quantitative estimate of drug-likeness (QED) is 0.195.